The van der Waals surface area contributed by atoms with Crippen molar-refractivity contribution in [1.82, 2.24) is 4.98 Å². The van der Waals surface area contributed by atoms with Crippen molar-refractivity contribution in [3.8, 4) is 0 Å². The van der Waals surface area contributed by atoms with Crippen LogP contribution in [0.4, 0.5) is 0 Å². The van der Waals surface area contributed by atoms with Crippen LogP contribution in [0.5, 0.6) is 0 Å². The third-order valence-electron chi connectivity index (χ3n) is 2.66. The molecule has 2 heterocycles. The molecule has 0 saturated carbocycles. The molecule has 14 heavy (non-hydrogen) atoms. The first-order chi connectivity index (χ1) is 6.79. The van der Waals surface area contributed by atoms with Gasteiger partial charge in [-0.1, -0.05) is 0 Å². The van der Waals surface area contributed by atoms with Gasteiger partial charge in [0.2, 0.25) is 0 Å². The van der Waals surface area contributed by atoms with Crippen molar-refractivity contribution in [2.24, 2.45) is 5.92 Å². The largest absolute Gasteiger partial charge is 0.378 e. The topological polar surface area (TPSA) is 39.2 Å². The molecule has 0 spiro atoms. The van der Waals surface area contributed by atoms with Gasteiger partial charge in [0, 0.05) is 24.6 Å². The van der Waals surface area contributed by atoms with Crippen LogP contribution >= 0.6 is 0 Å². The van der Waals surface area contributed by atoms with Crippen LogP contribution in [-0.2, 0) is 4.74 Å². The second-order valence-electron chi connectivity index (χ2n) is 3.58. The van der Waals surface area contributed by atoms with Gasteiger partial charge >= 0.3 is 0 Å². The highest BCUT2D eigenvalue weighted by atomic mass is 16.5. The van der Waals surface area contributed by atoms with Gasteiger partial charge < -0.3 is 4.74 Å². The number of nitrogens with zero attached hydrogens (tertiary/aromatic N) is 1. The molecule has 0 aliphatic carbocycles. The molecule has 0 aromatic carbocycles. The van der Waals surface area contributed by atoms with E-state index in [2.05, 4.69) is 4.98 Å². The Balaban J connectivity index is 2.16. The van der Waals surface area contributed by atoms with Crippen molar-refractivity contribution in [1.29, 1.82) is 0 Å². The van der Waals surface area contributed by atoms with Gasteiger partial charge in [-0.3, -0.25) is 9.78 Å². The Labute approximate surface area is 83.1 Å². The monoisotopic (exact) mass is 191 g/mol. The van der Waals surface area contributed by atoms with E-state index in [0.717, 1.165) is 6.42 Å². The number of carbonyl (C=O) groups is 1. The van der Waals surface area contributed by atoms with Crippen LogP contribution in [0.1, 0.15) is 23.7 Å². The second-order valence-corrected chi connectivity index (χ2v) is 3.58. The van der Waals surface area contributed by atoms with Crippen molar-refractivity contribution in [2.75, 3.05) is 6.61 Å². The van der Waals surface area contributed by atoms with Gasteiger partial charge in [0.1, 0.15) is 0 Å². The molecule has 1 fully saturated rings. The minimum atomic E-state index is 0.0131. The van der Waals surface area contributed by atoms with Gasteiger partial charge in [-0.15, -0.1) is 0 Å². The zero-order chi connectivity index (χ0) is 9.97. The number of hydrogen-bond acceptors (Lipinski definition) is 3. The first kappa shape index (κ1) is 9.34. The molecule has 74 valence electrons. The minimum Gasteiger partial charge on any atom is -0.378 e. The third kappa shape index (κ3) is 1.68. The number of ketones is 1. The number of rotatable bonds is 2. The predicted molar refractivity (Wildman–Crippen MR) is 52.1 cm³/mol. The van der Waals surface area contributed by atoms with Crippen LogP contribution in [0.3, 0.4) is 0 Å². The Bertz CT molecular complexity index is 323. The normalized spacial score (nSPS) is 26.4. The molecule has 1 aromatic heterocycles. The van der Waals surface area contributed by atoms with E-state index in [1.54, 1.807) is 24.5 Å². The van der Waals surface area contributed by atoms with E-state index in [-0.39, 0.29) is 17.8 Å². The van der Waals surface area contributed by atoms with E-state index < -0.39 is 0 Å². The smallest absolute Gasteiger partial charge is 0.170 e. The molecule has 1 saturated heterocycles. The van der Waals surface area contributed by atoms with Crippen molar-refractivity contribution in [3.63, 3.8) is 0 Å². The summed E-state index contributed by atoms with van der Waals surface area (Å²) < 4.78 is 5.37. The summed E-state index contributed by atoms with van der Waals surface area (Å²) in [5.74, 6) is 0.169. The average Bonchev–Trinajstić information content (AvgIpc) is 2.65. The van der Waals surface area contributed by atoms with Gasteiger partial charge in [-0.25, -0.2) is 0 Å². The van der Waals surface area contributed by atoms with E-state index in [1.165, 1.54) is 0 Å². The molecule has 2 rings (SSSR count). The number of hydrogen-bond donors (Lipinski definition) is 0. The van der Waals surface area contributed by atoms with Gasteiger partial charge in [0.25, 0.3) is 0 Å². The quantitative estimate of drug-likeness (QED) is 0.668. The molecule has 1 aliphatic heterocycles. The van der Waals surface area contributed by atoms with Crippen LogP contribution in [0.15, 0.2) is 24.5 Å². The molecular formula is C11H13NO2. The summed E-state index contributed by atoms with van der Waals surface area (Å²) in [6.45, 7) is 2.64. The molecular weight excluding hydrogens is 178 g/mol. The summed E-state index contributed by atoms with van der Waals surface area (Å²) in [6.07, 6.45) is 4.16. The maximum absolute atomic E-state index is 11.9. The van der Waals surface area contributed by atoms with Crippen LogP contribution in [0.2, 0.25) is 0 Å². The second kappa shape index (κ2) is 3.88. The van der Waals surface area contributed by atoms with Crippen LogP contribution in [-0.4, -0.2) is 23.5 Å². The molecule has 0 amide bonds. The average molecular weight is 191 g/mol. The van der Waals surface area contributed by atoms with Crippen LogP contribution in [0, 0.1) is 5.92 Å². The Morgan fingerprint density at radius 2 is 2.50 bits per heavy atom. The van der Waals surface area contributed by atoms with Gasteiger partial charge in [-0.05, 0) is 25.5 Å². The summed E-state index contributed by atoms with van der Waals surface area (Å²) in [5, 5.41) is 0. The molecule has 3 heteroatoms. The fourth-order valence-corrected chi connectivity index (χ4v) is 1.80. The Morgan fingerprint density at radius 1 is 1.64 bits per heavy atom. The highest BCUT2D eigenvalue weighted by molar-refractivity contribution is 5.98. The Kier molecular flexibility index (Phi) is 2.59. The number of carbonyl (C=O) groups excluding carboxylic acids is 1. The Hall–Kier alpha value is -1.22. The van der Waals surface area contributed by atoms with Crippen LogP contribution in [0.25, 0.3) is 0 Å². The lowest BCUT2D eigenvalue weighted by molar-refractivity contribution is 0.0764. The lowest BCUT2D eigenvalue weighted by Crippen LogP contribution is -2.21. The summed E-state index contributed by atoms with van der Waals surface area (Å²) in [7, 11) is 0. The zero-order valence-electron chi connectivity index (χ0n) is 8.14. The fraction of sp³-hybridized carbons (Fsp3) is 0.455. The lowest BCUT2D eigenvalue weighted by Gasteiger charge is -2.11. The number of aromatic nitrogens is 1. The molecule has 0 N–H and O–H groups in total. The first-order valence-electron chi connectivity index (χ1n) is 4.85. The van der Waals surface area contributed by atoms with E-state index in [4.69, 9.17) is 4.74 Å². The SMILES string of the molecule is CC1OCCC1C(=O)c1cccnc1. The zero-order valence-corrected chi connectivity index (χ0v) is 8.14. The first-order valence-corrected chi connectivity index (χ1v) is 4.85. The highest BCUT2D eigenvalue weighted by Crippen LogP contribution is 2.24. The number of pyridine rings is 1. The summed E-state index contributed by atoms with van der Waals surface area (Å²) in [6, 6.07) is 3.59. The molecule has 2 atom stereocenters. The third-order valence-corrected chi connectivity index (χ3v) is 2.66. The lowest BCUT2D eigenvalue weighted by atomic mass is 9.93. The highest BCUT2D eigenvalue weighted by Gasteiger charge is 2.31. The Morgan fingerprint density at radius 3 is 3.07 bits per heavy atom. The maximum atomic E-state index is 11.9. The molecule has 1 aromatic rings. The van der Waals surface area contributed by atoms with Crippen molar-refractivity contribution < 1.29 is 9.53 Å². The standard InChI is InChI=1S/C11H13NO2/c1-8-10(4-6-14-8)11(13)9-3-2-5-12-7-9/h2-3,5,7-8,10H,4,6H2,1H3. The maximum Gasteiger partial charge on any atom is 0.170 e. The van der Waals surface area contributed by atoms with E-state index in [9.17, 15) is 4.79 Å². The predicted octanol–water partition coefficient (Wildman–Crippen LogP) is 1.69. The summed E-state index contributed by atoms with van der Waals surface area (Å²) in [5.41, 5.74) is 0.690. The number of Topliss-reactive ketones (excluding diaryl/α,β-unsaturated/α-hetero) is 1. The fourth-order valence-electron chi connectivity index (χ4n) is 1.80. The van der Waals surface area contributed by atoms with Crippen LogP contribution < -0.4 is 0 Å². The van der Waals surface area contributed by atoms with E-state index >= 15 is 0 Å². The molecule has 0 radical (unpaired) electrons. The van der Waals surface area contributed by atoms with Gasteiger partial charge in [-0.2, -0.15) is 0 Å². The summed E-state index contributed by atoms with van der Waals surface area (Å²) in [4.78, 5) is 15.9. The van der Waals surface area contributed by atoms with Crippen molar-refractivity contribution >= 4 is 5.78 Å². The van der Waals surface area contributed by atoms with Crippen molar-refractivity contribution in [2.45, 2.75) is 19.4 Å². The van der Waals surface area contributed by atoms with E-state index in [1.807, 2.05) is 6.92 Å². The summed E-state index contributed by atoms with van der Waals surface area (Å²) >= 11 is 0. The van der Waals surface area contributed by atoms with E-state index in [0.29, 0.717) is 12.2 Å². The minimum absolute atomic E-state index is 0.0131. The molecule has 2 unspecified atom stereocenters. The van der Waals surface area contributed by atoms with Gasteiger partial charge in [0.15, 0.2) is 5.78 Å². The molecule has 0 bridgehead atoms. The van der Waals surface area contributed by atoms with Gasteiger partial charge in [0.05, 0.1) is 12.0 Å². The number of ether oxygens (including phenoxy) is 1. The molecule has 1 aliphatic rings. The van der Waals surface area contributed by atoms with Crippen molar-refractivity contribution in [3.05, 3.63) is 30.1 Å². The molecule has 3 nitrogen and oxygen atoms in total.